The summed E-state index contributed by atoms with van der Waals surface area (Å²) in [6, 6.07) is 0. The summed E-state index contributed by atoms with van der Waals surface area (Å²) in [4.78, 5) is 24.5. The summed E-state index contributed by atoms with van der Waals surface area (Å²) < 4.78 is 15.1. The van der Waals surface area contributed by atoms with E-state index in [9.17, 15) is 9.59 Å². The molecule has 2 heterocycles. The Hall–Kier alpha value is -1.14. The zero-order valence-electron chi connectivity index (χ0n) is 9.18. The number of hydrogen-bond acceptors (Lipinski definition) is 5. The van der Waals surface area contributed by atoms with Crippen molar-refractivity contribution in [2.45, 2.75) is 12.7 Å². The first kappa shape index (κ1) is 11.3. The molecule has 2 rings (SSSR count). The molecule has 2 aliphatic heterocycles. The summed E-state index contributed by atoms with van der Waals surface area (Å²) in [6.45, 7) is 1.92. The Morgan fingerprint density at radius 3 is 2.81 bits per heavy atom. The number of nitrogens with zero attached hydrogens (tertiary/aromatic N) is 1. The molecule has 0 aromatic heterocycles. The van der Waals surface area contributed by atoms with E-state index in [-0.39, 0.29) is 30.5 Å². The van der Waals surface area contributed by atoms with E-state index in [1.807, 2.05) is 0 Å². The average Bonchev–Trinajstić information content (AvgIpc) is 2.89. The fourth-order valence-electron chi connectivity index (χ4n) is 1.97. The lowest BCUT2D eigenvalue weighted by atomic mass is 10.1. The number of amides is 1. The molecule has 2 saturated heterocycles. The van der Waals surface area contributed by atoms with Crippen molar-refractivity contribution in [3.05, 3.63) is 0 Å². The van der Waals surface area contributed by atoms with Crippen LogP contribution in [0.3, 0.4) is 0 Å². The molecule has 1 unspecified atom stereocenters. The zero-order valence-corrected chi connectivity index (χ0v) is 9.18. The van der Waals surface area contributed by atoms with E-state index in [2.05, 4.69) is 4.74 Å². The Morgan fingerprint density at radius 1 is 1.50 bits per heavy atom. The maximum Gasteiger partial charge on any atom is 0.310 e. The zero-order chi connectivity index (χ0) is 11.5. The van der Waals surface area contributed by atoms with Crippen LogP contribution in [0.15, 0.2) is 0 Å². The molecule has 6 nitrogen and oxygen atoms in total. The van der Waals surface area contributed by atoms with Crippen LogP contribution in [0.2, 0.25) is 0 Å². The lowest BCUT2D eigenvalue weighted by Gasteiger charge is -2.19. The number of esters is 1. The predicted molar refractivity (Wildman–Crippen MR) is 52.4 cm³/mol. The molecule has 0 aromatic carbocycles. The van der Waals surface area contributed by atoms with Crippen LogP contribution in [0.1, 0.15) is 6.42 Å². The molecule has 90 valence electrons. The van der Waals surface area contributed by atoms with Gasteiger partial charge in [-0.25, -0.2) is 0 Å². The molecule has 1 atom stereocenters. The van der Waals surface area contributed by atoms with Gasteiger partial charge in [-0.1, -0.05) is 0 Å². The third kappa shape index (κ3) is 2.33. The van der Waals surface area contributed by atoms with Crippen LogP contribution >= 0.6 is 0 Å². The van der Waals surface area contributed by atoms with Gasteiger partial charge < -0.3 is 19.1 Å². The van der Waals surface area contributed by atoms with E-state index in [4.69, 9.17) is 9.47 Å². The molecule has 0 spiro atoms. The molecule has 0 saturated carbocycles. The molecule has 2 aliphatic rings. The second-order valence-electron chi connectivity index (χ2n) is 3.89. The molecule has 1 amide bonds. The number of ether oxygens (including phenoxy) is 3. The third-order valence-electron chi connectivity index (χ3n) is 2.81. The van der Waals surface area contributed by atoms with E-state index in [0.29, 0.717) is 26.3 Å². The smallest absolute Gasteiger partial charge is 0.310 e. The maximum atomic E-state index is 11.6. The number of rotatable bonds is 3. The fourth-order valence-corrected chi connectivity index (χ4v) is 1.97. The third-order valence-corrected chi connectivity index (χ3v) is 2.81. The number of methoxy groups -OCH3 is 1. The van der Waals surface area contributed by atoms with Gasteiger partial charge in [0.25, 0.3) is 0 Å². The summed E-state index contributed by atoms with van der Waals surface area (Å²) in [5, 5.41) is 0. The molecule has 0 aromatic rings. The van der Waals surface area contributed by atoms with Gasteiger partial charge in [0.15, 0.2) is 6.29 Å². The van der Waals surface area contributed by atoms with Gasteiger partial charge in [0.2, 0.25) is 5.91 Å². The Bertz CT molecular complexity index is 287. The first-order chi connectivity index (χ1) is 7.70. The summed E-state index contributed by atoms with van der Waals surface area (Å²) in [7, 11) is 1.33. The SMILES string of the molecule is COC(=O)C1CC(=O)N(CC2OCCO2)C1. The highest BCUT2D eigenvalue weighted by Crippen LogP contribution is 2.20. The second kappa shape index (κ2) is 4.80. The summed E-state index contributed by atoms with van der Waals surface area (Å²) in [5.41, 5.74) is 0. The highest BCUT2D eigenvalue weighted by molar-refractivity contribution is 5.86. The topological polar surface area (TPSA) is 65.1 Å². The molecule has 0 N–H and O–H groups in total. The number of carbonyl (C=O) groups excluding carboxylic acids is 2. The Morgan fingerprint density at radius 2 is 2.19 bits per heavy atom. The molecule has 16 heavy (non-hydrogen) atoms. The highest BCUT2D eigenvalue weighted by Gasteiger charge is 2.36. The van der Waals surface area contributed by atoms with Gasteiger partial charge in [-0.05, 0) is 0 Å². The second-order valence-corrected chi connectivity index (χ2v) is 3.89. The molecule has 0 bridgehead atoms. The Kier molecular flexibility index (Phi) is 3.40. The van der Waals surface area contributed by atoms with Crippen molar-refractivity contribution in [1.29, 1.82) is 0 Å². The van der Waals surface area contributed by atoms with Gasteiger partial charge in [0, 0.05) is 13.0 Å². The van der Waals surface area contributed by atoms with Crippen molar-refractivity contribution in [2.24, 2.45) is 5.92 Å². The van der Waals surface area contributed by atoms with Crippen LogP contribution in [0.25, 0.3) is 0 Å². The minimum atomic E-state index is -0.348. The number of carbonyl (C=O) groups is 2. The van der Waals surface area contributed by atoms with Gasteiger partial charge in [-0.3, -0.25) is 9.59 Å². The molecule has 2 fully saturated rings. The van der Waals surface area contributed by atoms with E-state index < -0.39 is 0 Å². The number of likely N-dealkylation sites (tertiary alicyclic amines) is 1. The van der Waals surface area contributed by atoms with Gasteiger partial charge in [-0.2, -0.15) is 0 Å². The first-order valence-electron chi connectivity index (χ1n) is 5.29. The van der Waals surface area contributed by atoms with Gasteiger partial charge >= 0.3 is 5.97 Å². The van der Waals surface area contributed by atoms with Crippen molar-refractivity contribution >= 4 is 11.9 Å². The Balaban J connectivity index is 1.86. The Labute approximate surface area is 93.4 Å². The minimum absolute atomic E-state index is 0.0468. The van der Waals surface area contributed by atoms with Crippen LogP contribution in [-0.4, -0.2) is 56.5 Å². The predicted octanol–water partition coefficient (Wildman–Crippen LogP) is -0.619. The highest BCUT2D eigenvalue weighted by atomic mass is 16.7. The largest absolute Gasteiger partial charge is 0.469 e. The maximum absolute atomic E-state index is 11.6. The summed E-state index contributed by atoms with van der Waals surface area (Å²) in [5.74, 6) is -0.725. The van der Waals surface area contributed by atoms with Crippen LogP contribution in [0.4, 0.5) is 0 Å². The summed E-state index contributed by atoms with van der Waals surface area (Å²) >= 11 is 0. The number of hydrogen-bond donors (Lipinski definition) is 0. The monoisotopic (exact) mass is 229 g/mol. The van der Waals surface area contributed by atoms with Crippen molar-refractivity contribution in [3.63, 3.8) is 0 Å². The first-order valence-corrected chi connectivity index (χ1v) is 5.29. The molecule has 0 radical (unpaired) electrons. The van der Waals surface area contributed by atoms with Crippen LogP contribution in [0, 0.1) is 5.92 Å². The minimum Gasteiger partial charge on any atom is -0.469 e. The van der Waals surface area contributed by atoms with Crippen molar-refractivity contribution in [2.75, 3.05) is 33.4 Å². The van der Waals surface area contributed by atoms with E-state index in [0.717, 1.165) is 0 Å². The van der Waals surface area contributed by atoms with Crippen molar-refractivity contribution in [3.8, 4) is 0 Å². The normalized spacial score (nSPS) is 26.4. The van der Waals surface area contributed by atoms with Gasteiger partial charge in [0.1, 0.15) is 0 Å². The van der Waals surface area contributed by atoms with E-state index in [1.54, 1.807) is 4.90 Å². The van der Waals surface area contributed by atoms with Crippen molar-refractivity contribution in [1.82, 2.24) is 4.90 Å². The van der Waals surface area contributed by atoms with Gasteiger partial charge in [0.05, 0.1) is 32.8 Å². The van der Waals surface area contributed by atoms with E-state index in [1.165, 1.54) is 7.11 Å². The quantitative estimate of drug-likeness (QED) is 0.603. The lowest BCUT2D eigenvalue weighted by Crippen LogP contribution is -2.34. The fraction of sp³-hybridized carbons (Fsp3) is 0.800. The van der Waals surface area contributed by atoms with Crippen LogP contribution in [0.5, 0.6) is 0 Å². The van der Waals surface area contributed by atoms with Crippen LogP contribution in [-0.2, 0) is 23.8 Å². The van der Waals surface area contributed by atoms with Crippen molar-refractivity contribution < 1.29 is 23.8 Å². The summed E-state index contributed by atoms with van der Waals surface area (Å²) in [6.07, 6.45) is -0.125. The molecule has 6 heteroatoms. The standard InChI is InChI=1S/C10H15NO5/c1-14-10(13)7-4-8(12)11(5-7)6-9-15-2-3-16-9/h7,9H,2-6H2,1H3. The lowest BCUT2D eigenvalue weighted by molar-refractivity contribution is -0.145. The van der Waals surface area contributed by atoms with E-state index >= 15 is 0 Å². The van der Waals surface area contributed by atoms with Gasteiger partial charge in [-0.15, -0.1) is 0 Å². The molecule has 0 aliphatic carbocycles. The average molecular weight is 229 g/mol. The molecular weight excluding hydrogens is 214 g/mol. The molecular formula is C10H15NO5. The van der Waals surface area contributed by atoms with Crippen LogP contribution < -0.4 is 0 Å².